The molecule has 0 unspecified atom stereocenters. The summed E-state index contributed by atoms with van der Waals surface area (Å²) in [6.45, 7) is 3.45. The summed E-state index contributed by atoms with van der Waals surface area (Å²) in [4.78, 5) is 22.8. The van der Waals surface area contributed by atoms with Crippen LogP contribution in [-0.4, -0.2) is 44.8 Å². The highest BCUT2D eigenvalue weighted by atomic mass is 32.2. The minimum absolute atomic E-state index is 0.0645. The summed E-state index contributed by atoms with van der Waals surface area (Å²) in [5, 5.41) is 11.5. The minimum Gasteiger partial charge on any atom is -0.494 e. The van der Waals surface area contributed by atoms with Gasteiger partial charge in [0.1, 0.15) is 5.75 Å². The Morgan fingerprint density at radius 2 is 1.79 bits per heavy atom. The van der Waals surface area contributed by atoms with Crippen LogP contribution < -0.4 is 10.1 Å². The summed E-state index contributed by atoms with van der Waals surface area (Å²) in [5.74, 6) is -0.682. The standard InChI is InChI=1S/C16H23NO6S/c1-16(2,15(19)20)11-17-14(18)5-4-10-23-12-6-8-13(9-7-12)24(3,21)22/h6-9H,4-5,10-11H2,1-3H3,(H,17,18)(H,19,20). The second kappa shape index (κ2) is 8.14. The smallest absolute Gasteiger partial charge is 0.310 e. The number of aliphatic carboxylic acids is 1. The Balaban J connectivity index is 2.31. The van der Waals surface area contributed by atoms with Gasteiger partial charge in [0.2, 0.25) is 5.91 Å². The Hall–Kier alpha value is -2.09. The summed E-state index contributed by atoms with van der Waals surface area (Å²) in [6.07, 6.45) is 1.82. The fraction of sp³-hybridized carbons (Fsp3) is 0.500. The normalized spacial score (nSPS) is 11.8. The molecule has 134 valence electrons. The van der Waals surface area contributed by atoms with Crippen molar-refractivity contribution in [3.05, 3.63) is 24.3 Å². The quantitative estimate of drug-likeness (QED) is 0.648. The van der Waals surface area contributed by atoms with Gasteiger partial charge in [0.05, 0.1) is 16.9 Å². The summed E-state index contributed by atoms with van der Waals surface area (Å²) in [6, 6.07) is 6.05. The Kier molecular flexibility index (Phi) is 6.77. The van der Waals surface area contributed by atoms with Gasteiger partial charge in [-0.25, -0.2) is 8.42 Å². The minimum atomic E-state index is -3.23. The molecular weight excluding hydrogens is 334 g/mol. The van der Waals surface area contributed by atoms with Gasteiger partial charge in [0.25, 0.3) is 0 Å². The zero-order valence-corrected chi connectivity index (χ0v) is 14.9. The summed E-state index contributed by atoms with van der Waals surface area (Å²) < 4.78 is 28.1. The van der Waals surface area contributed by atoms with Crippen LogP contribution in [0.1, 0.15) is 26.7 Å². The Labute approximate surface area is 141 Å². The Bertz CT molecular complexity index is 679. The third-order valence-corrected chi connectivity index (χ3v) is 4.50. The van der Waals surface area contributed by atoms with Gasteiger partial charge in [0, 0.05) is 19.2 Å². The van der Waals surface area contributed by atoms with E-state index in [0.29, 0.717) is 18.8 Å². The first-order valence-electron chi connectivity index (χ1n) is 7.45. The van der Waals surface area contributed by atoms with E-state index in [0.717, 1.165) is 6.26 Å². The number of rotatable bonds is 9. The van der Waals surface area contributed by atoms with Crippen molar-refractivity contribution in [2.24, 2.45) is 5.41 Å². The van der Waals surface area contributed by atoms with E-state index < -0.39 is 21.2 Å². The molecule has 0 atom stereocenters. The molecule has 24 heavy (non-hydrogen) atoms. The lowest BCUT2D eigenvalue weighted by Gasteiger charge is -2.19. The van der Waals surface area contributed by atoms with E-state index in [9.17, 15) is 18.0 Å². The SMILES string of the molecule is CC(C)(CNC(=O)CCCOc1ccc(S(C)(=O)=O)cc1)C(=O)O. The van der Waals surface area contributed by atoms with Crippen molar-refractivity contribution in [1.82, 2.24) is 5.32 Å². The molecule has 1 aromatic carbocycles. The number of ether oxygens (including phenoxy) is 1. The molecule has 2 N–H and O–H groups in total. The molecule has 0 fully saturated rings. The van der Waals surface area contributed by atoms with Gasteiger partial charge in [-0.2, -0.15) is 0 Å². The second-order valence-corrected chi connectivity index (χ2v) is 8.18. The van der Waals surface area contributed by atoms with E-state index in [2.05, 4.69) is 5.32 Å². The second-order valence-electron chi connectivity index (χ2n) is 6.16. The van der Waals surface area contributed by atoms with Crippen molar-refractivity contribution >= 4 is 21.7 Å². The molecule has 8 heteroatoms. The maximum absolute atomic E-state index is 11.7. The van der Waals surface area contributed by atoms with Crippen molar-refractivity contribution in [2.45, 2.75) is 31.6 Å². The van der Waals surface area contributed by atoms with Crippen molar-refractivity contribution < 1.29 is 27.9 Å². The molecule has 0 bridgehead atoms. The highest BCUT2D eigenvalue weighted by molar-refractivity contribution is 7.90. The zero-order chi connectivity index (χ0) is 18.4. The number of hydrogen-bond donors (Lipinski definition) is 2. The highest BCUT2D eigenvalue weighted by Crippen LogP contribution is 2.16. The highest BCUT2D eigenvalue weighted by Gasteiger charge is 2.27. The number of carboxylic acids is 1. The van der Waals surface area contributed by atoms with Crippen LogP contribution in [0.4, 0.5) is 0 Å². The summed E-state index contributed by atoms with van der Waals surface area (Å²) in [7, 11) is -3.23. The average molecular weight is 357 g/mol. The predicted octanol–water partition coefficient (Wildman–Crippen LogP) is 1.48. The molecule has 0 radical (unpaired) electrons. The number of amides is 1. The van der Waals surface area contributed by atoms with E-state index in [4.69, 9.17) is 9.84 Å². The van der Waals surface area contributed by atoms with E-state index in [1.807, 2.05) is 0 Å². The molecule has 0 aromatic heterocycles. The molecule has 0 saturated carbocycles. The topological polar surface area (TPSA) is 110 Å². The molecule has 0 saturated heterocycles. The van der Waals surface area contributed by atoms with E-state index in [-0.39, 0.29) is 23.8 Å². The third kappa shape index (κ3) is 6.57. The van der Waals surface area contributed by atoms with Crippen LogP contribution in [0.2, 0.25) is 0 Å². The van der Waals surface area contributed by atoms with Crippen LogP contribution in [0.15, 0.2) is 29.2 Å². The van der Waals surface area contributed by atoms with Gasteiger partial charge in [-0.15, -0.1) is 0 Å². The predicted molar refractivity (Wildman–Crippen MR) is 88.7 cm³/mol. The van der Waals surface area contributed by atoms with Gasteiger partial charge in [0.15, 0.2) is 9.84 Å². The number of carbonyl (C=O) groups is 2. The van der Waals surface area contributed by atoms with Crippen molar-refractivity contribution in [3.8, 4) is 5.75 Å². The van der Waals surface area contributed by atoms with Crippen LogP contribution >= 0.6 is 0 Å². The van der Waals surface area contributed by atoms with Crippen LogP contribution in [0.5, 0.6) is 5.75 Å². The Morgan fingerprint density at radius 3 is 2.29 bits per heavy atom. The fourth-order valence-corrected chi connectivity index (χ4v) is 2.32. The molecule has 0 aliphatic carbocycles. The lowest BCUT2D eigenvalue weighted by atomic mass is 9.94. The van der Waals surface area contributed by atoms with Crippen LogP contribution in [0.3, 0.4) is 0 Å². The molecule has 1 aromatic rings. The number of sulfone groups is 1. The first-order valence-corrected chi connectivity index (χ1v) is 9.34. The number of hydrogen-bond acceptors (Lipinski definition) is 5. The average Bonchev–Trinajstić information content (AvgIpc) is 2.49. The molecule has 1 rings (SSSR count). The van der Waals surface area contributed by atoms with Crippen LogP contribution in [0.25, 0.3) is 0 Å². The number of carbonyl (C=O) groups excluding carboxylic acids is 1. The van der Waals surface area contributed by atoms with Crippen LogP contribution in [-0.2, 0) is 19.4 Å². The number of benzene rings is 1. The molecule has 0 aliphatic rings. The maximum Gasteiger partial charge on any atom is 0.310 e. The van der Waals surface area contributed by atoms with Gasteiger partial charge >= 0.3 is 5.97 Å². The molecular formula is C16H23NO6S. The van der Waals surface area contributed by atoms with Crippen LogP contribution in [0, 0.1) is 5.41 Å². The van der Waals surface area contributed by atoms with Gasteiger partial charge in [-0.1, -0.05) is 0 Å². The fourth-order valence-electron chi connectivity index (χ4n) is 1.69. The lowest BCUT2D eigenvalue weighted by molar-refractivity contribution is -0.146. The monoisotopic (exact) mass is 357 g/mol. The molecule has 0 heterocycles. The Morgan fingerprint density at radius 1 is 1.21 bits per heavy atom. The van der Waals surface area contributed by atoms with Crippen molar-refractivity contribution in [3.63, 3.8) is 0 Å². The lowest BCUT2D eigenvalue weighted by Crippen LogP contribution is -2.38. The number of carboxylic acid groups (broad SMARTS) is 1. The van der Waals surface area contributed by atoms with Crippen molar-refractivity contribution in [2.75, 3.05) is 19.4 Å². The van der Waals surface area contributed by atoms with Gasteiger partial charge < -0.3 is 15.2 Å². The first kappa shape index (κ1) is 20.0. The third-order valence-electron chi connectivity index (χ3n) is 3.38. The van der Waals surface area contributed by atoms with E-state index in [1.54, 1.807) is 26.0 Å². The van der Waals surface area contributed by atoms with E-state index >= 15 is 0 Å². The molecule has 7 nitrogen and oxygen atoms in total. The summed E-state index contributed by atoms with van der Waals surface area (Å²) in [5.41, 5.74) is -1.01. The maximum atomic E-state index is 11.7. The number of nitrogens with one attached hydrogen (secondary N) is 1. The zero-order valence-electron chi connectivity index (χ0n) is 14.0. The van der Waals surface area contributed by atoms with E-state index in [1.165, 1.54) is 12.1 Å². The van der Waals surface area contributed by atoms with Crippen molar-refractivity contribution in [1.29, 1.82) is 0 Å². The first-order chi connectivity index (χ1) is 11.0. The molecule has 1 amide bonds. The molecule has 0 aliphatic heterocycles. The molecule has 0 spiro atoms. The summed E-state index contributed by atoms with van der Waals surface area (Å²) >= 11 is 0. The largest absolute Gasteiger partial charge is 0.494 e. The van der Waals surface area contributed by atoms with Gasteiger partial charge in [-0.3, -0.25) is 9.59 Å². The van der Waals surface area contributed by atoms with Gasteiger partial charge in [-0.05, 0) is 44.5 Å².